The molecule has 0 fully saturated rings. The maximum atomic E-state index is 6.14. The third-order valence-corrected chi connectivity index (χ3v) is 4.47. The van der Waals surface area contributed by atoms with Gasteiger partial charge in [-0.15, -0.1) is 24.8 Å². The molecule has 2 aromatic carbocycles. The minimum absolute atomic E-state index is 0. The largest absolute Gasteiger partial charge is 0.489 e. The Morgan fingerprint density at radius 1 is 0.962 bits per heavy atom. The highest BCUT2D eigenvalue weighted by molar-refractivity contribution is 6.31. The van der Waals surface area contributed by atoms with E-state index < -0.39 is 0 Å². The fourth-order valence-corrected chi connectivity index (χ4v) is 2.68. The van der Waals surface area contributed by atoms with Gasteiger partial charge in [0.05, 0.1) is 0 Å². The van der Waals surface area contributed by atoms with Crippen molar-refractivity contribution in [3.8, 4) is 5.75 Å². The predicted octanol–water partition coefficient (Wildman–Crippen LogP) is 5.19. The molecule has 0 saturated carbocycles. The summed E-state index contributed by atoms with van der Waals surface area (Å²) in [5.41, 5.74) is 2.26. The summed E-state index contributed by atoms with van der Waals surface area (Å²) in [7, 11) is 0. The minimum Gasteiger partial charge on any atom is -0.489 e. The maximum Gasteiger partial charge on any atom is 0.119 e. The lowest BCUT2D eigenvalue weighted by Crippen LogP contribution is -2.31. The van der Waals surface area contributed by atoms with Crippen LogP contribution in [0.5, 0.6) is 5.75 Å². The van der Waals surface area contributed by atoms with E-state index in [0.717, 1.165) is 49.1 Å². The topological polar surface area (TPSA) is 24.5 Å². The number of hydrogen-bond acceptors (Lipinski definition) is 3. The van der Waals surface area contributed by atoms with Gasteiger partial charge in [-0.1, -0.05) is 55.8 Å². The van der Waals surface area contributed by atoms with E-state index >= 15 is 0 Å². The molecule has 0 aromatic heterocycles. The average Bonchev–Trinajstić information content (AvgIpc) is 2.62. The molecule has 26 heavy (non-hydrogen) atoms. The number of rotatable bonds is 10. The second-order valence-corrected chi connectivity index (χ2v) is 6.13. The lowest BCUT2D eigenvalue weighted by molar-refractivity contribution is 0.302. The first-order valence-electron chi connectivity index (χ1n) is 8.61. The Morgan fingerprint density at radius 2 is 1.62 bits per heavy atom. The van der Waals surface area contributed by atoms with Gasteiger partial charge in [-0.25, -0.2) is 0 Å². The van der Waals surface area contributed by atoms with Crippen LogP contribution >= 0.6 is 36.4 Å². The molecule has 0 heterocycles. The number of nitrogens with one attached hydrogen (secondary N) is 1. The van der Waals surface area contributed by atoms with E-state index in [-0.39, 0.29) is 24.8 Å². The smallest absolute Gasteiger partial charge is 0.119 e. The molecule has 0 atom stereocenters. The molecule has 6 heteroatoms. The van der Waals surface area contributed by atoms with Gasteiger partial charge < -0.3 is 15.0 Å². The Morgan fingerprint density at radius 3 is 2.23 bits per heavy atom. The standard InChI is InChI=1S/C20H27ClN2O.2ClH/c1-3-23(4-2)14-13-22-15-17-9-11-19(12-10-17)24-16-18-7-5-6-8-20(18)21;;/h5-12,22H,3-4,13-16H2,1-2H3;2*1H. The SMILES string of the molecule is CCN(CC)CCNCc1ccc(OCc2ccccc2Cl)cc1.Cl.Cl. The monoisotopic (exact) mass is 418 g/mol. The van der Waals surface area contributed by atoms with Crippen molar-refractivity contribution in [2.24, 2.45) is 0 Å². The van der Waals surface area contributed by atoms with Gasteiger partial charge >= 0.3 is 0 Å². The zero-order valence-electron chi connectivity index (χ0n) is 15.4. The molecule has 0 bridgehead atoms. The number of likely N-dealkylation sites (N-methyl/N-ethyl adjacent to an activating group) is 1. The maximum absolute atomic E-state index is 6.14. The molecule has 0 aliphatic rings. The van der Waals surface area contributed by atoms with Crippen LogP contribution in [0.15, 0.2) is 48.5 Å². The Kier molecular flexibility index (Phi) is 13.6. The number of hydrogen-bond donors (Lipinski definition) is 1. The van der Waals surface area contributed by atoms with Crippen LogP contribution in [-0.4, -0.2) is 31.1 Å². The normalized spacial score (nSPS) is 10.2. The van der Waals surface area contributed by atoms with Crippen molar-refractivity contribution in [2.45, 2.75) is 27.0 Å². The molecular weight excluding hydrogens is 391 g/mol. The average molecular weight is 420 g/mol. The van der Waals surface area contributed by atoms with Gasteiger partial charge in [0.1, 0.15) is 12.4 Å². The van der Waals surface area contributed by atoms with Gasteiger partial charge in [0.15, 0.2) is 0 Å². The summed E-state index contributed by atoms with van der Waals surface area (Å²) >= 11 is 6.14. The first-order chi connectivity index (χ1) is 11.7. The van der Waals surface area contributed by atoms with Gasteiger partial charge in [0, 0.05) is 30.2 Å². The Hall–Kier alpha value is -0.970. The molecule has 0 unspecified atom stereocenters. The van der Waals surface area contributed by atoms with Crippen molar-refractivity contribution < 1.29 is 4.74 Å². The summed E-state index contributed by atoms with van der Waals surface area (Å²) in [5, 5.41) is 4.23. The first-order valence-corrected chi connectivity index (χ1v) is 8.99. The lowest BCUT2D eigenvalue weighted by Gasteiger charge is -2.18. The van der Waals surface area contributed by atoms with E-state index in [1.807, 2.05) is 36.4 Å². The highest BCUT2D eigenvalue weighted by Crippen LogP contribution is 2.18. The van der Waals surface area contributed by atoms with Gasteiger partial charge in [-0.2, -0.15) is 0 Å². The van der Waals surface area contributed by atoms with E-state index in [2.05, 4.69) is 36.2 Å². The highest BCUT2D eigenvalue weighted by Gasteiger charge is 2.01. The van der Waals surface area contributed by atoms with Gasteiger partial charge in [-0.05, 0) is 36.9 Å². The molecular formula is C20H29Cl3N2O. The van der Waals surface area contributed by atoms with Crippen LogP contribution in [0.1, 0.15) is 25.0 Å². The summed E-state index contributed by atoms with van der Waals surface area (Å²) in [6.45, 7) is 10.1. The number of ether oxygens (including phenoxy) is 1. The molecule has 0 aliphatic heterocycles. The third-order valence-electron chi connectivity index (χ3n) is 4.10. The molecule has 146 valence electrons. The number of halogens is 3. The van der Waals surface area contributed by atoms with Crippen molar-refractivity contribution in [1.82, 2.24) is 10.2 Å². The van der Waals surface area contributed by atoms with Crippen LogP contribution in [-0.2, 0) is 13.2 Å². The molecule has 2 aromatic rings. The number of nitrogens with zero attached hydrogens (tertiary/aromatic N) is 1. The van der Waals surface area contributed by atoms with Crippen LogP contribution in [0.2, 0.25) is 5.02 Å². The first kappa shape index (κ1) is 25.0. The number of benzene rings is 2. The second-order valence-electron chi connectivity index (χ2n) is 5.73. The van der Waals surface area contributed by atoms with Crippen molar-refractivity contribution in [2.75, 3.05) is 26.2 Å². The lowest BCUT2D eigenvalue weighted by atomic mass is 10.2. The Labute approximate surface area is 174 Å². The molecule has 3 nitrogen and oxygen atoms in total. The molecule has 0 aliphatic carbocycles. The predicted molar refractivity (Wildman–Crippen MR) is 116 cm³/mol. The Balaban J connectivity index is 0.00000312. The van der Waals surface area contributed by atoms with Crippen molar-refractivity contribution >= 4 is 36.4 Å². The summed E-state index contributed by atoms with van der Waals surface area (Å²) in [6.07, 6.45) is 0. The molecule has 0 spiro atoms. The summed E-state index contributed by atoms with van der Waals surface area (Å²) in [6, 6.07) is 16.0. The zero-order valence-corrected chi connectivity index (χ0v) is 17.8. The molecule has 0 radical (unpaired) electrons. The van der Waals surface area contributed by atoms with Crippen molar-refractivity contribution in [3.63, 3.8) is 0 Å². The van der Waals surface area contributed by atoms with E-state index in [9.17, 15) is 0 Å². The van der Waals surface area contributed by atoms with E-state index in [0.29, 0.717) is 6.61 Å². The van der Waals surface area contributed by atoms with Crippen LogP contribution in [0.3, 0.4) is 0 Å². The highest BCUT2D eigenvalue weighted by atomic mass is 35.5. The van der Waals surface area contributed by atoms with Crippen LogP contribution in [0, 0.1) is 0 Å². The fourth-order valence-electron chi connectivity index (χ4n) is 2.49. The van der Waals surface area contributed by atoms with Gasteiger partial charge in [0.25, 0.3) is 0 Å². The summed E-state index contributed by atoms with van der Waals surface area (Å²) in [4.78, 5) is 2.42. The van der Waals surface area contributed by atoms with E-state index in [4.69, 9.17) is 16.3 Å². The molecule has 2 rings (SSSR count). The van der Waals surface area contributed by atoms with Gasteiger partial charge in [-0.3, -0.25) is 0 Å². The van der Waals surface area contributed by atoms with Gasteiger partial charge in [0.2, 0.25) is 0 Å². The van der Waals surface area contributed by atoms with Crippen LogP contribution in [0.25, 0.3) is 0 Å². The van der Waals surface area contributed by atoms with Crippen molar-refractivity contribution in [1.29, 1.82) is 0 Å². The summed E-state index contributed by atoms with van der Waals surface area (Å²) < 4.78 is 5.80. The molecule has 0 amide bonds. The van der Waals surface area contributed by atoms with E-state index in [1.165, 1.54) is 5.56 Å². The molecule has 1 N–H and O–H groups in total. The molecule has 0 saturated heterocycles. The van der Waals surface area contributed by atoms with Crippen LogP contribution < -0.4 is 10.1 Å². The second kappa shape index (κ2) is 14.1. The Bertz CT molecular complexity index is 604. The minimum atomic E-state index is 0. The zero-order chi connectivity index (χ0) is 17.2. The summed E-state index contributed by atoms with van der Waals surface area (Å²) in [5.74, 6) is 0.863. The van der Waals surface area contributed by atoms with Crippen LogP contribution in [0.4, 0.5) is 0 Å². The third kappa shape index (κ3) is 8.61. The quantitative estimate of drug-likeness (QED) is 0.536. The fraction of sp³-hybridized carbons (Fsp3) is 0.400. The van der Waals surface area contributed by atoms with E-state index in [1.54, 1.807) is 0 Å². The van der Waals surface area contributed by atoms with Crippen molar-refractivity contribution in [3.05, 3.63) is 64.7 Å².